The standard InChI is InChI=1S/C51H33NO/c1-2-17-37(18-3-1)52(47-26-12-16-34-14-4-6-19-39(34)47)38-31-28-36(29-32-38)40-22-13-25-45-49(40)42-21-8-9-23-43(42)51(45)44-24-10-11-27-48(44)53-50-41-20-7-5-15-35(41)30-33-46(50)51/h1-33H. The Bertz CT molecular complexity index is 2870. The normalized spacial score (nSPS) is 15.0. The second kappa shape index (κ2) is 11.6. The molecule has 0 saturated carbocycles. The zero-order valence-corrected chi connectivity index (χ0v) is 28.9. The molecule has 0 radical (unpaired) electrons. The van der Waals surface area contributed by atoms with Crippen LogP contribution in [0.1, 0.15) is 22.3 Å². The minimum Gasteiger partial charge on any atom is -0.456 e. The predicted octanol–water partition coefficient (Wildman–Crippen LogP) is 13.6. The molecule has 1 aliphatic heterocycles. The molecule has 53 heavy (non-hydrogen) atoms. The highest BCUT2D eigenvalue weighted by molar-refractivity contribution is 6.01. The maximum absolute atomic E-state index is 6.85. The number of fused-ring (bicyclic) bond motifs is 12. The zero-order valence-electron chi connectivity index (χ0n) is 28.9. The highest BCUT2D eigenvalue weighted by atomic mass is 16.5. The Morgan fingerprint density at radius 3 is 1.83 bits per heavy atom. The molecule has 0 amide bonds. The maximum Gasteiger partial charge on any atom is 0.140 e. The third-order valence-electron chi connectivity index (χ3n) is 11.3. The van der Waals surface area contributed by atoms with Gasteiger partial charge < -0.3 is 9.64 Å². The summed E-state index contributed by atoms with van der Waals surface area (Å²) in [4.78, 5) is 2.37. The Kier molecular flexibility index (Phi) is 6.50. The summed E-state index contributed by atoms with van der Waals surface area (Å²) in [5, 5.41) is 4.75. The molecule has 2 aliphatic rings. The molecule has 9 aromatic rings. The van der Waals surface area contributed by atoms with Gasteiger partial charge in [0.2, 0.25) is 0 Å². The molecular formula is C51H33NO. The molecule has 1 aliphatic carbocycles. The molecule has 0 aromatic heterocycles. The lowest BCUT2D eigenvalue weighted by atomic mass is 9.65. The average molecular weight is 676 g/mol. The fourth-order valence-electron chi connectivity index (χ4n) is 9.12. The molecule has 248 valence electrons. The van der Waals surface area contributed by atoms with Crippen molar-refractivity contribution in [3.05, 3.63) is 222 Å². The van der Waals surface area contributed by atoms with Crippen LogP contribution < -0.4 is 9.64 Å². The number of ether oxygens (including phenoxy) is 1. The molecular weight excluding hydrogens is 643 g/mol. The number of para-hydroxylation sites is 2. The van der Waals surface area contributed by atoms with Crippen LogP contribution in [0.2, 0.25) is 0 Å². The summed E-state index contributed by atoms with van der Waals surface area (Å²) in [6.45, 7) is 0. The van der Waals surface area contributed by atoms with E-state index in [4.69, 9.17) is 4.74 Å². The van der Waals surface area contributed by atoms with Crippen LogP contribution in [0.4, 0.5) is 17.1 Å². The Hall–Kier alpha value is -6.90. The first kappa shape index (κ1) is 29.8. The molecule has 9 aromatic carbocycles. The predicted molar refractivity (Wildman–Crippen MR) is 219 cm³/mol. The third-order valence-corrected chi connectivity index (χ3v) is 11.3. The van der Waals surface area contributed by atoms with Gasteiger partial charge in [0.15, 0.2) is 0 Å². The number of benzene rings is 9. The molecule has 0 saturated heterocycles. The molecule has 0 fully saturated rings. The molecule has 0 N–H and O–H groups in total. The summed E-state index contributed by atoms with van der Waals surface area (Å²) < 4.78 is 6.85. The summed E-state index contributed by atoms with van der Waals surface area (Å²) >= 11 is 0. The van der Waals surface area contributed by atoms with Crippen molar-refractivity contribution >= 4 is 38.6 Å². The summed E-state index contributed by atoms with van der Waals surface area (Å²) in [5.41, 5.74) is 12.7. The van der Waals surface area contributed by atoms with Crippen LogP contribution in [0, 0.1) is 0 Å². The quantitative estimate of drug-likeness (QED) is 0.184. The smallest absolute Gasteiger partial charge is 0.140 e. The van der Waals surface area contributed by atoms with Gasteiger partial charge in [-0.25, -0.2) is 0 Å². The van der Waals surface area contributed by atoms with Gasteiger partial charge in [0.1, 0.15) is 11.5 Å². The van der Waals surface area contributed by atoms with Gasteiger partial charge >= 0.3 is 0 Å². The van der Waals surface area contributed by atoms with E-state index in [-0.39, 0.29) is 0 Å². The lowest BCUT2D eigenvalue weighted by Gasteiger charge is -2.39. The largest absolute Gasteiger partial charge is 0.456 e. The van der Waals surface area contributed by atoms with E-state index in [9.17, 15) is 0 Å². The van der Waals surface area contributed by atoms with E-state index in [2.05, 4.69) is 205 Å². The van der Waals surface area contributed by atoms with E-state index >= 15 is 0 Å². The summed E-state index contributed by atoms with van der Waals surface area (Å²) in [6.07, 6.45) is 0. The van der Waals surface area contributed by atoms with Crippen LogP contribution in [0.15, 0.2) is 200 Å². The maximum atomic E-state index is 6.85. The average Bonchev–Trinajstić information content (AvgIpc) is 3.52. The Morgan fingerprint density at radius 1 is 0.377 bits per heavy atom. The highest BCUT2D eigenvalue weighted by Gasteiger charge is 2.51. The molecule has 0 bridgehead atoms. The van der Waals surface area contributed by atoms with Crippen molar-refractivity contribution in [3.8, 4) is 33.8 Å². The van der Waals surface area contributed by atoms with Crippen molar-refractivity contribution in [3.63, 3.8) is 0 Å². The fourth-order valence-corrected chi connectivity index (χ4v) is 9.12. The van der Waals surface area contributed by atoms with Gasteiger partial charge in [0.05, 0.1) is 11.1 Å². The van der Waals surface area contributed by atoms with E-state index in [0.29, 0.717) is 0 Å². The first-order chi connectivity index (χ1) is 26.3. The Labute approximate surface area is 308 Å². The van der Waals surface area contributed by atoms with Gasteiger partial charge in [-0.2, -0.15) is 0 Å². The van der Waals surface area contributed by atoms with Gasteiger partial charge in [-0.05, 0) is 80.6 Å². The van der Waals surface area contributed by atoms with Gasteiger partial charge in [-0.15, -0.1) is 0 Å². The van der Waals surface area contributed by atoms with Crippen LogP contribution in [0.5, 0.6) is 11.5 Å². The Morgan fingerprint density at radius 2 is 0.981 bits per heavy atom. The number of anilines is 3. The van der Waals surface area contributed by atoms with Gasteiger partial charge in [0, 0.05) is 33.3 Å². The second-order valence-corrected chi connectivity index (χ2v) is 14.0. The minimum absolute atomic E-state index is 0.533. The molecule has 1 unspecified atom stereocenters. The third kappa shape index (κ3) is 4.27. The molecule has 11 rings (SSSR count). The number of rotatable bonds is 4. The van der Waals surface area contributed by atoms with Crippen LogP contribution in [-0.2, 0) is 5.41 Å². The first-order valence-corrected chi connectivity index (χ1v) is 18.3. The zero-order chi connectivity index (χ0) is 34.9. The lowest BCUT2D eigenvalue weighted by Crippen LogP contribution is -2.32. The molecule has 1 spiro atoms. The second-order valence-electron chi connectivity index (χ2n) is 14.0. The monoisotopic (exact) mass is 675 g/mol. The summed E-state index contributed by atoms with van der Waals surface area (Å²) in [5.74, 6) is 1.84. The van der Waals surface area contributed by atoms with E-state index in [0.717, 1.165) is 33.9 Å². The molecule has 2 heteroatoms. The van der Waals surface area contributed by atoms with Gasteiger partial charge in [0.25, 0.3) is 0 Å². The van der Waals surface area contributed by atoms with Crippen molar-refractivity contribution in [2.45, 2.75) is 5.41 Å². The topological polar surface area (TPSA) is 12.5 Å². The lowest BCUT2D eigenvalue weighted by molar-refractivity contribution is 0.441. The Balaban J connectivity index is 1.12. The number of hydrogen-bond acceptors (Lipinski definition) is 2. The number of nitrogens with zero attached hydrogens (tertiary/aromatic N) is 1. The van der Waals surface area contributed by atoms with Crippen molar-refractivity contribution in [2.24, 2.45) is 0 Å². The van der Waals surface area contributed by atoms with Crippen LogP contribution in [0.25, 0.3) is 43.8 Å². The van der Waals surface area contributed by atoms with Crippen LogP contribution >= 0.6 is 0 Å². The molecule has 1 atom stereocenters. The fraction of sp³-hybridized carbons (Fsp3) is 0.0196. The van der Waals surface area contributed by atoms with Crippen molar-refractivity contribution in [2.75, 3.05) is 4.90 Å². The van der Waals surface area contributed by atoms with Gasteiger partial charge in [-0.1, -0.05) is 164 Å². The van der Waals surface area contributed by atoms with E-state index < -0.39 is 5.41 Å². The van der Waals surface area contributed by atoms with Crippen LogP contribution in [-0.4, -0.2) is 0 Å². The van der Waals surface area contributed by atoms with E-state index in [1.807, 2.05) is 0 Å². The minimum atomic E-state index is -0.533. The first-order valence-electron chi connectivity index (χ1n) is 18.3. The summed E-state index contributed by atoms with van der Waals surface area (Å²) in [7, 11) is 0. The SMILES string of the molecule is c1ccc(N(c2ccc(-c3cccc4c3-c3ccccc3C43c4ccccc4Oc4c3ccc3ccccc43)cc2)c2cccc3ccccc23)cc1. The van der Waals surface area contributed by atoms with Crippen molar-refractivity contribution in [1.29, 1.82) is 0 Å². The van der Waals surface area contributed by atoms with Gasteiger partial charge in [-0.3, -0.25) is 0 Å². The summed E-state index contributed by atoms with van der Waals surface area (Å²) in [6, 6.07) is 72.5. The number of hydrogen-bond donors (Lipinski definition) is 0. The van der Waals surface area contributed by atoms with Crippen molar-refractivity contribution < 1.29 is 4.74 Å². The van der Waals surface area contributed by atoms with E-state index in [1.54, 1.807) is 0 Å². The van der Waals surface area contributed by atoms with E-state index in [1.165, 1.54) is 60.7 Å². The highest BCUT2D eigenvalue weighted by Crippen LogP contribution is 2.64. The van der Waals surface area contributed by atoms with Crippen LogP contribution in [0.3, 0.4) is 0 Å². The molecule has 2 nitrogen and oxygen atoms in total. The van der Waals surface area contributed by atoms with Crippen molar-refractivity contribution in [1.82, 2.24) is 0 Å². The molecule has 1 heterocycles.